The number of aliphatic hydroxyl groups is 4. The molecule has 0 aromatic heterocycles. The summed E-state index contributed by atoms with van der Waals surface area (Å²) in [6.45, 7) is 19.4. The summed E-state index contributed by atoms with van der Waals surface area (Å²) in [6.07, 6.45) is -1.50. The van der Waals surface area contributed by atoms with Gasteiger partial charge in [-0.1, -0.05) is 20.8 Å². The van der Waals surface area contributed by atoms with Crippen LogP contribution in [0.3, 0.4) is 0 Å². The van der Waals surface area contributed by atoms with Gasteiger partial charge in [-0.05, 0) is 87.7 Å². The van der Waals surface area contributed by atoms with Gasteiger partial charge < -0.3 is 58.5 Å². The van der Waals surface area contributed by atoms with Crippen LogP contribution >= 0.6 is 0 Å². The normalized spacial score (nSPS) is 46.8. The molecule has 0 spiro atoms. The van der Waals surface area contributed by atoms with Crippen molar-refractivity contribution in [2.24, 2.45) is 17.8 Å². The average Bonchev–Trinajstić information content (AvgIpc) is 3.15. The number of nitrogens with zero attached hydrogens (tertiary/aromatic N) is 2. The summed E-state index contributed by atoms with van der Waals surface area (Å²) in [5.74, 6) is 0.373. The summed E-state index contributed by atoms with van der Waals surface area (Å²) < 4.78 is 44.7. The highest BCUT2D eigenvalue weighted by Crippen LogP contribution is 2.41. The first-order chi connectivity index (χ1) is 26.0. The van der Waals surface area contributed by atoms with Gasteiger partial charge in [-0.15, -0.1) is 12.3 Å². The van der Waals surface area contributed by atoms with Crippen molar-refractivity contribution >= 4 is 5.97 Å². The van der Waals surface area contributed by atoms with Crippen LogP contribution < -0.4 is 0 Å². The van der Waals surface area contributed by atoms with Gasteiger partial charge in [0.25, 0.3) is 0 Å². The SMILES string of the molecule is C#CCCN(C)[C@H]1C[C@@H](C)O[C@@H](O[C@@H]2[C@@H](C)[C@H](O[C@H]3C[C@@](C)(OC)[C@@H](O)[C@H](C)O3)[C@@H](C)C(=O)O[C@H](CC)[C@@](C)(O)[C@H](O)[C@@H](C)N(C)C[C@H](C)C[C@@]2(C)OC)[C@@H]1O. The molecule has 3 aliphatic heterocycles. The van der Waals surface area contributed by atoms with Gasteiger partial charge in [0.15, 0.2) is 12.6 Å². The number of carbonyl (C=O) groups is 1. The molecule has 0 unspecified atom stereocenters. The lowest BCUT2D eigenvalue weighted by molar-refractivity contribution is -0.319. The number of hydrogen-bond donors (Lipinski definition) is 4. The second-order valence-corrected chi connectivity index (χ2v) is 17.8. The van der Waals surface area contributed by atoms with E-state index in [4.69, 9.17) is 39.6 Å². The lowest BCUT2D eigenvalue weighted by atomic mass is 9.77. The zero-order valence-electron chi connectivity index (χ0n) is 36.6. The first kappa shape index (κ1) is 48.9. The van der Waals surface area contributed by atoms with Gasteiger partial charge in [0.05, 0.1) is 41.5 Å². The van der Waals surface area contributed by atoms with Crippen LogP contribution in [-0.4, -0.2) is 168 Å². The van der Waals surface area contributed by atoms with Crippen LogP contribution in [0.15, 0.2) is 0 Å². The molecule has 0 aromatic rings. The van der Waals surface area contributed by atoms with Crippen LogP contribution in [-0.2, 0) is 38.0 Å². The van der Waals surface area contributed by atoms with Crippen molar-refractivity contribution in [1.29, 1.82) is 0 Å². The third kappa shape index (κ3) is 11.0. The summed E-state index contributed by atoms with van der Waals surface area (Å²) in [5.41, 5.74) is -3.84. The van der Waals surface area contributed by atoms with Crippen molar-refractivity contribution in [1.82, 2.24) is 9.80 Å². The standard InChI is InChI=1S/C42H76N2O12/c1-16-18-19-43(12)30-20-25(4)52-39(33(30)45)56-37-26(5)34(55-32-22-40(9,50-14)36(47)29(8)53-32)27(6)38(48)54-31(17-2)42(11,49)35(46)28(7)44(13)23-24(3)21-41(37,10)51-15/h1,24-37,39,45-47,49H,17-23H2,2-15H3/t24-,25-,26+,27-,28-,29+,30+,31-,32+,33-,34+,35-,36+,37-,39+,40-,41-,42-/m1/s1. The lowest BCUT2D eigenvalue weighted by Gasteiger charge is -2.49. The molecule has 326 valence electrons. The van der Waals surface area contributed by atoms with Crippen molar-refractivity contribution in [2.45, 2.75) is 192 Å². The van der Waals surface area contributed by atoms with E-state index in [0.717, 1.165) is 0 Å². The number of ether oxygens (including phenoxy) is 7. The number of aliphatic hydroxyl groups excluding tert-OH is 3. The van der Waals surface area contributed by atoms with Gasteiger partial charge in [-0.25, -0.2) is 0 Å². The minimum absolute atomic E-state index is 0.0326. The van der Waals surface area contributed by atoms with Crippen LogP contribution in [0.1, 0.15) is 101 Å². The molecule has 0 bridgehead atoms. The molecular weight excluding hydrogens is 724 g/mol. The minimum Gasteiger partial charge on any atom is -0.459 e. The molecule has 0 amide bonds. The summed E-state index contributed by atoms with van der Waals surface area (Å²) in [4.78, 5) is 18.4. The molecule has 0 aromatic carbocycles. The molecule has 0 aliphatic carbocycles. The highest BCUT2D eigenvalue weighted by Gasteiger charge is 2.53. The minimum atomic E-state index is -1.79. The summed E-state index contributed by atoms with van der Waals surface area (Å²) in [5, 5.41) is 46.3. The summed E-state index contributed by atoms with van der Waals surface area (Å²) >= 11 is 0. The van der Waals surface area contributed by atoms with Gasteiger partial charge in [-0.3, -0.25) is 9.69 Å². The summed E-state index contributed by atoms with van der Waals surface area (Å²) in [7, 11) is 6.96. The number of likely N-dealkylation sites (N-methyl/N-ethyl adjacent to an activating group) is 2. The number of cyclic esters (lactones) is 1. The monoisotopic (exact) mass is 801 g/mol. The Morgan fingerprint density at radius 1 is 0.964 bits per heavy atom. The van der Waals surface area contributed by atoms with Gasteiger partial charge >= 0.3 is 5.97 Å². The molecule has 18 atom stereocenters. The molecule has 14 heteroatoms. The van der Waals surface area contributed by atoms with Crippen LogP contribution in [0.2, 0.25) is 0 Å². The maximum Gasteiger partial charge on any atom is 0.311 e. The van der Waals surface area contributed by atoms with Crippen LogP contribution in [0.5, 0.6) is 0 Å². The van der Waals surface area contributed by atoms with E-state index in [1.165, 1.54) is 14.0 Å². The lowest BCUT2D eigenvalue weighted by Crippen LogP contribution is -2.61. The molecular formula is C42H76N2O12. The Hall–Kier alpha value is -1.45. The molecule has 3 rings (SSSR count). The third-order valence-electron chi connectivity index (χ3n) is 13.2. The van der Waals surface area contributed by atoms with Crippen LogP contribution in [0.25, 0.3) is 0 Å². The molecule has 0 saturated carbocycles. The number of rotatable bonds is 10. The van der Waals surface area contributed by atoms with E-state index in [1.807, 2.05) is 51.6 Å². The van der Waals surface area contributed by atoms with E-state index in [2.05, 4.69) is 12.8 Å². The molecule has 4 N–H and O–H groups in total. The Morgan fingerprint density at radius 3 is 2.16 bits per heavy atom. The van der Waals surface area contributed by atoms with E-state index in [1.54, 1.807) is 34.8 Å². The van der Waals surface area contributed by atoms with E-state index < -0.39 is 96.0 Å². The summed E-state index contributed by atoms with van der Waals surface area (Å²) in [6, 6.07) is -0.816. The highest BCUT2D eigenvalue weighted by molar-refractivity contribution is 5.73. The van der Waals surface area contributed by atoms with E-state index in [9.17, 15) is 25.2 Å². The zero-order valence-corrected chi connectivity index (χ0v) is 36.6. The first-order valence-electron chi connectivity index (χ1n) is 20.5. The molecule has 3 heterocycles. The van der Waals surface area contributed by atoms with E-state index in [-0.39, 0.29) is 30.9 Å². The third-order valence-corrected chi connectivity index (χ3v) is 13.2. The maximum atomic E-state index is 14.4. The topological polar surface area (TPSA) is 169 Å². The maximum absolute atomic E-state index is 14.4. The van der Waals surface area contributed by atoms with E-state index >= 15 is 0 Å². The Labute approximate surface area is 336 Å². The van der Waals surface area contributed by atoms with Crippen molar-refractivity contribution in [3.63, 3.8) is 0 Å². The Balaban J connectivity index is 2.21. The molecule has 3 aliphatic rings. The fourth-order valence-electron chi connectivity index (χ4n) is 9.24. The largest absolute Gasteiger partial charge is 0.459 e. The fraction of sp³-hybridized carbons (Fsp3) is 0.929. The number of esters is 1. The van der Waals surface area contributed by atoms with Gasteiger partial charge in [0.2, 0.25) is 0 Å². The number of carbonyl (C=O) groups excluding carboxylic acids is 1. The predicted octanol–water partition coefficient (Wildman–Crippen LogP) is 2.95. The van der Waals surface area contributed by atoms with Crippen molar-refractivity contribution in [3.05, 3.63) is 0 Å². The van der Waals surface area contributed by atoms with Crippen molar-refractivity contribution in [3.8, 4) is 12.3 Å². The van der Waals surface area contributed by atoms with Gasteiger partial charge in [0.1, 0.15) is 30.0 Å². The van der Waals surface area contributed by atoms with Crippen LogP contribution in [0.4, 0.5) is 0 Å². The fourth-order valence-corrected chi connectivity index (χ4v) is 9.24. The first-order valence-corrected chi connectivity index (χ1v) is 20.5. The molecule has 3 fully saturated rings. The number of terminal acetylenes is 1. The quantitative estimate of drug-likeness (QED) is 0.188. The molecule has 0 radical (unpaired) electrons. The Bertz CT molecular complexity index is 1280. The smallest absolute Gasteiger partial charge is 0.311 e. The van der Waals surface area contributed by atoms with Crippen molar-refractivity contribution in [2.75, 3.05) is 41.4 Å². The Morgan fingerprint density at radius 2 is 1.59 bits per heavy atom. The molecule has 3 saturated heterocycles. The van der Waals surface area contributed by atoms with Gasteiger partial charge in [-0.2, -0.15) is 0 Å². The number of methoxy groups -OCH3 is 2. The Kier molecular flexibility index (Phi) is 17.6. The average molecular weight is 801 g/mol. The molecule has 14 nitrogen and oxygen atoms in total. The van der Waals surface area contributed by atoms with Gasteiger partial charge in [0, 0.05) is 58.2 Å². The van der Waals surface area contributed by atoms with Crippen LogP contribution in [0, 0.1) is 30.1 Å². The second kappa shape index (κ2) is 20.2. The van der Waals surface area contributed by atoms with Crippen molar-refractivity contribution < 1.29 is 58.4 Å². The highest BCUT2D eigenvalue weighted by atomic mass is 16.7. The predicted molar refractivity (Wildman–Crippen MR) is 211 cm³/mol. The zero-order chi connectivity index (χ0) is 42.5. The number of hydrogen-bond acceptors (Lipinski definition) is 14. The van der Waals surface area contributed by atoms with E-state index in [0.29, 0.717) is 32.4 Å². The second-order valence-electron chi connectivity index (χ2n) is 17.8. The molecule has 56 heavy (non-hydrogen) atoms.